The van der Waals surface area contributed by atoms with Gasteiger partial charge in [0.1, 0.15) is 5.76 Å². The van der Waals surface area contributed by atoms with Crippen molar-refractivity contribution in [1.82, 2.24) is 4.90 Å². The van der Waals surface area contributed by atoms with Crippen LogP contribution in [0.25, 0.3) is 0 Å². The summed E-state index contributed by atoms with van der Waals surface area (Å²) < 4.78 is 6.60. The summed E-state index contributed by atoms with van der Waals surface area (Å²) in [6.07, 6.45) is 1.72. The molecule has 2 N–H and O–H groups in total. The maximum absolute atomic E-state index is 5.56. The van der Waals surface area contributed by atoms with Gasteiger partial charge in [-0.2, -0.15) is 0 Å². The summed E-state index contributed by atoms with van der Waals surface area (Å²) in [5.74, 6) is 0.949. The third-order valence-electron chi connectivity index (χ3n) is 2.77. The van der Waals surface area contributed by atoms with Gasteiger partial charge in [-0.15, -0.1) is 0 Å². The third kappa shape index (κ3) is 3.45. The van der Waals surface area contributed by atoms with Crippen LogP contribution in [-0.4, -0.2) is 11.9 Å². The first-order valence-electron chi connectivity index (χ1n) is 5.87. The molecule has 0 atom stereocenters. The first-order valence-corrected chi connectivity index (χ1v) is 6.66. The van der Waals surface area contributed by atoms with E-state index in [1.165, 1.54) is 5.56 Å². The van der Waals surface area contributed by atoms with Crippen molar-refractivity contribution in [3.63, 3.8) is 0 Å². The molecule has 0 saturated heterocycles. The normalized spacial score (nSPS) is 11.1. The van der Waals surface area contributed by atoms with E-state index < -0.39 is 0 Å². The van der Waals surface area contributed by atoms with Crippen LogP contribution in [0.3, 0.4) is 0 Å². The molecule has 96 valence electrons. The Morgan fingerprint density at radius 1 is 1.28 bits per heavy atom. The molecule has 2 rings (SSSR count). The molecule has 0 bridgehead atoms. The van der Waals surface area contributed by atoms with E-state index in [4.69, 9.17) is 10.2 Å². The lowest BCUT2D eigenvalue weighted by molar-refractivity contribution is 0.287. The Morgan fingerprint density at radius 2 is 2.06 bits per heavy atom. The summed E-state index contributed by atoms with van der Waals surface area (Å²) in [7, 11) is 2.07. The number of rotatable bonds is 5. The monoisotopic (exact) mass is 308 g/mol. The smallest absolute Gasteiger partial charge is 0.118 e. The van der Waals surface area contributed by atoms with Gasteiger partial charge >= 0.3 is 0 Å². The summed E-state index contributed by atoms with van der Waals surface area (Å²) in [6.45, 7) is 2.18. The number of benzene rings is 1. The Kier molecular flexibility index (Phi) is 4.58. The van der Waals surface area contributed by atoms with Gasteiger partial charge in [-0.25, -0.2) is 0 Å². The lowest BCUT2D eigenvalue weighted by atomic mass is 10.2. The molecule has 1 aromatic carbocycles. The van der Waals surface area contributed by atoms with Crippen molar-refractivity contribution in [2.75, 3.05) is 7.05 Å². The van der Waals surface area contributed by atoms with Crippen molar-refractivity contribution in [3.05, 3.63) is 58.0 Å². The molecule has 18 heavy (non-hydrogen) atoms. The summed E-state index contributed by atoms with van der Waals surface area (Å²) >= 11 is 3.56. The van der Waals surface area contributed by atoms with Gasteiger partial charge in [-0.1, -0.05) is 34.1 Å². The van der Waals surface area contributed by atoms with E-state index in [1.54, 1.807) is 6.26 Å². The van der Waals surface area contributed by atoms with Crippen LogP contribution >= 0.6 is 15.9 Å². The van der Waals surface area contributed by atoms with E-state index in [9.17, 15) is 0 Å². The topological polar surface area (TPSA) is 42.4 Å². The zero-order valence-electron chi connectivity index (χ0n) is 10.4. The standard InChI is InChI=1S/C14H17BrN2O/c1-17(8-12-4-2-3-5-14(12)15)9-13-6-11(7-16)10-18-13/h2-6,10H,7-9,16H2,1H3. The highest BCUT2D eigenvalue weighted by Crippen LogP contribution is 2.18. The van der Waals surface area contributed by atoms with Crippen molar-refractivity contribution in [2.24, 2.45) is 5.73 Å². The van der Waals surface area contributed by atoms with Crippen LogP contribution in [0, 0.1) is 0 Å². The highest BCUT2D eigenvalue weighted by molar-refractivity contribution is 9.10. The molecule has 0 aliphatic heterocycles. The summed E-state index contributed by atoms with van der Waals surface area (Å²) in [5.41, 5.74) is 7.87. The van der Waals surface area contributed by atoms with Crippen LogP contribution in [0.5, 0.6) is 0 Å². The molecule has 3 nitrogen and oxygen atoms in total. The van der Waals surface area contributed by atoms with E-state index in [-0.39, 0.29) is 0 Å². The molecule has 0 amide bonds. The number of furan rings is 1. The van der Waals surface area contributed by atoms with Crippen LogP contribution in [0.1, 0.15) is 16.9 Å². The Labute approximate surface area is 116 Å². The summed E-state index contributed by atoms with van der Waals surface area (Å²) in [4.78, 5) is 2.21. The molecule has 0 radical (unpaired) electrons. The quantitative estimate of drug-likeness (QED) is 0.922. The number of hydrogen-bond acceptors (Lipinski definition) is 3. The highest BCUT2D eigenvalue weighted by Gasteiger charge is 2.07. The Morgan fingerprint density at radius 3 is 2.72 bits per heavy atom. The molecule has 0 saturated carbocycles. The molecule has 1 aromatic heterocycles. The second-order valence-electron chi connectivity index (χ2n) is 4.39. The average molecular weight is 309 g/mol. The van der Waals surface area contributed by atoms with Crippen LogP contribution in [0.15, 0.2) is 45.5 Å². The summed E-state index contributed by atoms with van der Waals surface area (Å²) in [6, 6.07) is 10.3. The van der Waals surface area contributed by atoms with Gasteiger partial charge in [0.25, 0.3) is 0 Å². The molecule has 1 heterocycles. The number of hydrogen-bond donors (Lipinski definition) is 1. The predicted molar refractivity (Wildman–Crippen MR) is 75.9 cm³/mol. The Bertz CT molecular complexity index is 510. The van der Waals surface area contributed by atoms with Crippen LogP contribution < -0.4 is 5.73 Å². The van der Waals surface area contributed by atoms with Crippen molar-refractivity contribution in [1.29, 1.82) is 0 Å². The van der Waals surface area contributed by atoms with Gasteiger partial charge in [0.2, 0.25) is 0 Å². The SMILES string of the molecule is CN(Cc1cc(CN)co1)Cc1ccccc1Br. The van der Waals surface area contributed by atoms with Crippen molar-refractivity contribution < 1.29 is 4.42 Å². The number of halogens is 1. The molecule has 0 spiro atoms. The zero-order chi connectivity index (χ0) is 13.0. The number of nitrogens with two attached hydrogens (primary N) is 1. The van der Waals surface area contributed by atoms with Gasteiger partial charge in [0.15, 0.2) is 0 Å². The molecular formula is C14H17BrN2O. The fraction of sp³-hybridized carbons (Fsp3) is 0.286. The molecular weight excluding hydrogens is 292 g/mol. The molecule has 4 heteroatoms. The second kappa shape index (κ2) is 6.18. The van der Waals surface area contributed by atoms with Gasteiger partial charge in [0.05, 0.1) is 12.8 Å². The first-order chi connectivity index (χ1) is 8.69. The zero-order valence-corrected chi connectivity index (χ0v) is 12.0. The van der Waals surface area contributed by atoms with E-state index in [0.717, 1.165) is 28.9 Å². The van der Waals surface area contributed by atoms with E-state index in [1.807, 2.05) is 18.2 Å². The average Bonchev–Trinajstić information content (AvgIpc) is 2.80. The first kappa shape index (κ1) is 13.3. The minimum Gasteiger partial charge on any atom is -0.468 e. The van der Waals surface area contributed by atoms with Crippen molar-refractivity contribution in [2.45, 2.75) is 19.6 Å². The van der Waals surface area contributed by atoms with E-state index in [2.05, 4.69) is 40.0 Å². The predicted octanol–water partition coefficient (Wildman–Crippen LogP) is 3.13. The van der Waals surface area contributed by atoms with Crippen LogP contribution in [0.2, 0.25) is 0 Å². The van der Waals surface area contributed by atoms with Crippen molar-refractivity contribution in [3.8, 4) is 0 Å². The summed E-state index contributed by atoms with van der Waals surface area (Å²) in [5, 5.41) is 0. The largest absolute Gasteiger partial charge is 0.468 e. The molecule has 0 aliphatic rings. The lowest BCUT2D eigenvalue weighted by Gasteiger charge is -2.16. The molecule has 0 aliphatic carbocycles. The fourth-order valence-corrected chi connectivity index (χ4v) is 2.27. The van der Waals surface area contributed by atoms with Gasteiger partial charge in [-0.3, -0.25) is 4.90 Å². The van der Waals surface area contributed by atoms with Gasteiger partial charge in [0, 0.05) is 23.1 Å². The molecule has 2 aromatic rings. The highest BCUT2D eigenvalue weighted by atomic mass is 79.9. The maximum Gasteiger partial charge on any atom is 0.118 e. The molecule has 0 fully saturated rings. The minimum atomic E-state index is 0.525. The minimum absolute atomic E-state index is 0.525. The van der Waals surface area contributed by atoms with Crippen LogP contribution in [-0.2, 0) is 19.6 Å². The lowest BCUT2D eigenvalue weighted by Crippen LogP contribution is -2.17. The van der Waals surface area contributed by atoms with Gasteiger partial charge < -0.3 is 10.2 Å². The van der Waals surface area contributed by atoms with Crippen molar-refractivity contribution >= 4 is 15.9 Å². The van der Waals surface area contributed by atoms with E-state index >= 15 is 0 Å². The second-order valence-corrected chi connectivity index (χ2v) is 5.24. The van der Waals surface area contributed by atoms with Gasteiger partial charge in [-0.05, 0) is 24.7 Å². The van der Waals surface area contributed by atoms with Crippen LogP contribution in [0.4, 0.5) is 0 Å². The number of nitrogens with zero attached hydrogens (tertiary/aromatic N) is 1. The Hall–Kier alpha value is -1.10. The third-order valence-corrected chi connectivity index (χ3v) is 3.54. The molecule has 0 unspecified atom stereocenters. The van der Waals surface area contributed by atoms with E-state index in [0.29, 0.717) is 6.54 Å². The Balaban J connectivity index is 1.96. The maximum atomic E-state index is 5.56. The fourth-order valence-electron chi connectivity index (χ4n) is 1.86.